The van der Waals surface area contributed by atoms with Crippen molar-refractivity contribution in [3.8, 4) is 11.5 Å². The van der Waals surface area contributed by atoms with Crippen LogP contribution in [-0.2, 0) is 9.53 Å². The maximum absolute atomic E-state index is 14.3. The fourth-order valence-electron chi connectivity index (χ4n) is 3.39. The van der Waals surface area contributed by atoms with E-state index in [9.17, 15) is 19.1 Å². The number of para-hydroxylation sites is 1. The number of carbonyl (C=O) groups is 2. The molecule has 0 radical (unpaired) electrons. The lowest BCUT2D eigenvalue weighted by atomic mass is 9.99. The standard InChI is InChI=1S/C27H27FN2O6/c1-18-11-14-20(15-12-18)29-27(33)36-26(19-13-16-23(31)22(28)17-19)24(9-5-6-10-25(32)30-34)35-21-7-3-2-4-8-21/h2-4,6-8,10-17,24,26,31,34H,5,9H2,1H3,(H,29,33)(H,30,32)/b10-6+/t24-,26-/m0/s1. The van der Waals surface area contributed by atoms with Crippen molar-refractivity contribution in [2.75, 3.05) is 5.32 Å². The van der Waals surface area contributed by atoms with Gasteiger partial charge >= 0.3 is 6.09 Å². The smallest absolute Gasteiger partial charge is 0.412 e. The van der Waals surface area contributed by atoms with E-state index in [1.165, 1.54) is 23.7 Å². The van der Waals surface area contributed by atoms with Gasteiger partial charge in [-0.05, 0) is 61.7 Å². The second kappa shape index (κ2) is 12.9. The van der Waals surface area contributed by atoms with Crippen LogP contribution in [0.3, 0.4) is 0 Å². The van der Waals surface area contributed by atoms with Gasteiger partial charge in [0.05, 0.1) is 0 Å². The Balaban J connectivity index is 1.89. The summed E-state index contributed by atoms with van der Waals surface area (Å²) in [6.07, 6.45) is 0.579. The van der Waals surface area contributed by atoms with Crippen molar-refractivity contribution in [1.29, 1.82) is 0 Å². The maximum Gasteiger partial charge on any atom is 0.412 e. The van der Waals surface area contributed by atoms with E-state index < -0.39 is 35.8 Å². The number of aryl methyl sites for hydroxylation is 1. The SMILES string of the molecule is Cc1ccc(NC(=O)O[C@@H](c2ccc(O)c(F)c2)[C@H](CC/C=C/C(=O)NO)Oc2ccccc2)cc1. The molecule has 0 fully saturated rings. The molecule has 0 heterocycles. The van der Waals surface area contributed by atoms with Crippen molar-refractivity contribution in [2.24, 2.45) is 0 Å². The average Bonchev–Trinajstić information content (AvgIpc) is 2.88. The number of anilines is 1. The molecule has 3 rings (SSSR count). The third-order valence-corrected chi connectivity index (χ3v) is 5.20. The molecule has 0 unspecified atom stereocenters. The van der Waals surface area contributed by atoms with Crippen LogP contribution >= 0.6 is 0 Å². The highest BCUT2D eigenvalue weighted by Crippen LogP contribution is 2.31. The Bertz CT molecular complexity index is 1180. The molecular weight excluding hydrogens is 467 g/mol. The number of nitrogens with one attached hydrogen (secondary N) is 2. The number of ether oxygens (including phenoxy) is 2. The lowest BCUT2D eigenvalue weighted by Gasteiger charge is -2.28. The van der Waals surface area contributed by atoms with Crippen molar-refractivity contribution >= 4 is 17.7 Å². The van der Waals surface area contributed by atoms with Crippen LogP contribution in [0, 0.1) is 12.7 Å². The Morgan fingerprint density at radius 2 is 1.78 bits per heavy atom. The Labute approximate surface area is 207 Å². The van der Waals surface area contributed by atoms with Gasteiger partial charge in [0.15, 0.2) is 17.7 Å². The Morgan fingerprint density at radius 3 is 2.44 bits per heavy atom. The average molecular weight is 495 g/mol. The molecule has 0 saturated heterocycles. The van der Waals surface area contributed by atoms with Crippen molar-refractivity contribution < 1.29 is 33.8 Å². The van der Waals surface area contributed by atoms with Crippen molar-refractivity contribution in [3.05, 3.63) is 102 Å². The number of phenols is 1. The number of aromatic hydroxyl groups is 1. The first-order valence-corrected chi connectivity index (χ1v) is 11.2. The summed E-state index contributed by atoms with van der Waals surface area (Å²) in [5.74, 6) is -1.62. The van der Waals surface area contributed by atoms with Crippen LogP contribution in [0.15, 0.2) is 84.9 Å². The van der Waals surface area contributed by atoms with Gasteiger partial charge in [0, 0.05) is 11.8 Å². The minimum Gasteiger partial charge on any atom is -0.505 e. The van der Waals surface area contributed by atoms with E-state index in [-0.39, 0.29) is 12.0 Å². The monoisotopic (exact) mass is 494 g/mol. The Kier molecular flexibility index (Phi) is 9.41. The number of amides is 2. The lowest BCUT2D eigenvalue weighted by molar-refractivity contribution is -0.124. The molecule has 8 nitrogen and oxygen atoms in total. The second-order valence-corrected chi connectivity index (χ2v) is 7.95. The zero-order valence-electron chi connectivity index (χ0n) is 19.6. The molecule has 0 bridgehead atoms. The summed E-state index contributed by atoms with van der Waals surface area (Å²) in [6, 6.07) is 19.6. The molecule has 2 atom stereocenters. The van der Waals surface area contributed by atoms with Gasteiger partial charge < -0.3 is 14.6 Å². The number of halogens is 1. The molecule has 3 aromatic carbocycles. The van der Waals surface area contributed by atoms with Crippen molar-refractivity contribution in [3.63, 3.8) is 0 Å². The van der Waals surface area contributed by atoms with Gasteiger partial charge in [0.25, 0.3) is 5.91 Å². The van der Waals surface area contributed by atoms with Crippen molar-refractivity contribution in [1.82, 2.24) is 5.48 Å². The summed E-state index contributed by atoms with van der Waals surface area (Å²) in [4.78, 5) is 24.1. The van der Waals surface area contributed by atoms with Gasteiger partial charge in [-0.25, -0.2) is 14.7 Å². The number of phenolic OH excluding ortho intramolecular Hbond substituents is 1. The molecule has 2 amide bonds. The van der Waals surface area contributed by atoms with E-state index in [0.717, 1.165) is 17.7 Å². The lowest BCUT2D eigenvalue weighted by Crippen LogP contribution is -2.31. The van der Waals surface area contributed by atoms with Crippen LogP contribution in [0.4, 0.5) is 14.9 Å². The summed E-state index contributed by atoms with van der Waals surface area (Å²) < 4.78 is 26.1. The van der Waals surface area contributed by atoms with Crippen LogP contribution in [-0.4, -0.2) is 28.4 Å². The van der Waals surface area contributed by atoms with Crippen LogP contribution < -0.4 is 15.5 Å². The first kappa shape index (κ1) is 26.2. The van der Waals surface area contributed by atoms with E-state index in [1.54, 1.807) is 36.4 Å². The van der Waals surface area contributed by atoms with Gasteiger partial charge in [0.1, 0.15) is 11.9 Å². The molecular formula is C27H27FN2O6. The van der Waals surface area contributed by atoms with E-state index in [0.29, 0.717) is 17.9 Å². The molecule has 3 aromatic rings. The van der Waals surface area contributed by atoms with E-state index >= 15 is 0 Å². The highest BCUT2D eigenvalue weighted by atomic mass is 19.1. The highest BCUT2D eigenvalue weighted by molar-refractivity contribution is 5.86. The van der Waals surface area contributed by atoms with Crippen LogP contribution in [0.5, 0.6) is 11.5 Å². The van der Waals surface area contributed by atoms with Gasteiger partial charge in [-0.3, -0.25) is 15.3 Å². The molecule has 9 heteroatoms. The number of rotatable bonds is 10. The number of hydrogen-bond acceptors (Lipinski definition) is 6. The number of hydrogen-bond donors (Lipinski definition) is 4. The zero-order chi connectivity index (χ0) is 25.9. The van der Waals surface area contributed by atoms with Crippen LogP contribution in [0.25, 0.3) is 0 Å². The third-order valence-electron chi connectivity index (χ3n) is 5.20. The number of benzene rings is 3. The quantitative estimate of drug-likeness (QED) is 0.170. The second-order valence-electron chi connectivity index (χ2n) is 7.95. The first-order valence-electron chi connectivity index (χ1n) is 11.2. The summed E-state index contributed by atoms with van der Waals surface area (Å²) in [5, 5.41) is 21.0. The fraction of sp³-hybridized carbons (Fsp3) is 0.185. The normalized spacial score (nSPS) is 12.5. The predicted molar refractivity (Wildman–Crippen MR) is 131 cm³/mol. The first-order chi connectivity index (χ1) is 17.4. The van der Waals surface area contributed by atoms with E-state index in [4.69, 9.17) is 14.7 Å². The molecule has 0 aliphatic heterocycles. The zero-order valence-corrected chi connectivity index (χ0v) is 19.6. The van der Waals surface area contributed by atoms with Gasteiger partial charge in [0.2, 0.25) is 0 Å². The molecule has 0 aromatic heterocycles. The number of hydroxylamine groups is 1. The molecule has 188 valence electrons. The predicted octanol–water partition coefficient (Wildman–Crippen LogP) is 5.42. The van der Waals surface area contributed by atoms with Crippen LogP contribution in [0.2, 0.25) is 0 Å². The highest BCUT2D eigenvalue weighted by Gasteiger charge is 2.30. The Hall–Kier alpha value is -4.37. The molecule has 0 aliphatic carbocycles. The maximum atomic E-state index is 14.3. The largest absolute Gasteiger partial charge is 0.505 e. The van der Waals surface area contributed by atoms with Crippen molar-refractivity contribution in [2.45, 2.75) is 32.0 Å². The summed E-state index contributed by atoms with van der Waals surface area (Å²) in [5.41, 5.74) is 3.30. The third kappa shape index (κ3) is 7.85. The summed E-state index contributed by atoms with van der Waals surface area (Å²) >= 11 is 0. The molecule has 0 saturated carbocycles. The molecule has 0 aliphatic rings. The molecule has 4 N–H and O–H groups in total. The fourth-order valence-corrected chi connectivity index (χ4v) is 3.39. The van der Waals surface area contributed by atoms with E-state index in [1.807, 2.05) is 25.1 Å². The van der Waals surface area contributed by atoms with Gasteiger partial charge in [-0.15, -0.1) is 0 Å². The topological polar surface area (TPSA) is 117 Å². The van der Waals surface area contributed by atoms with Gasteiger partial charge in [-0.1, -0.05) is 48.0 Å². The summed E-state index contributed by atoms with van der Waals surface area (Å²) in [7, 11) is 0. The minimum atomic E-state index is -1.08. The molecule has 36 heavy (non-hydrogen) atoms. The summed E-state index contributed by atoms with van der Waals surface area (Å²) in [6.45, 7) is 1.92. The van der Waals surface area contributed by atoms with Gasteiger partial charge in [-0.2, -0.15) is 0 Å². The van der Waals surface area contributed by atoms with E-state index in [2.05, 4.69) is 5.32 Å². The number of allylic oxidation sites excluding steroid dienone is 1. The molecule has 0 spiro atoms. The Morgan fingerprint density at radius 1 is 1.06 bits per heavy atom. The van der Waals surface area contributed by atoms with Crippen LogP contribution in [0.1, 0.15) is 30.1 Å². The number of carbonyl (C=O) groups excluding carboxylic acids is 2. The minimum absolute atomic E-state index is 0.259.